The minimum Gasteiger partial charge on any atom is -0.493 e. The van der Waals surface area contributed by atoms with Crippen molar-refractivity contribution >= 4 is 9.84 Å². The van der Waals surface area contributed by atoms with Crippen molar-refractivity contribution in [3.05, 3.63) is 18.2 Å². The molecule has 1 atom stereocenters. The lowest BCUT2D eigenvalue weighted by Crippen LogP contribution is -2.16. The lowest BCUT2D eigenvalue weighted by atomic mass is 10.2. The average molecular weight is 286 g/mol. The summed E-state index contributed by atoms with van der Waals surface area (Å²) < 4.78 is 39.2. The van der Waals surface area contributed by atoms with Crippen LogP contribution >= 0.6 is 0 Å². The highest BCUT2D eigenvalue weighted by Crippen LogP contribution is 2.30. The van der Waals surface area contributed by atoms with Gasteiger partial charge < -0.3 is 14.2 Å². The number of methoxy groups -OCH3 is 1. The van der Waals surface area contributed by atoms with Gasteiger partial charge in [0.15, 0.2) is 21.3 Å². The molecule has 1 aromatic carbocycles. The van der Waals surface area contributed by atoms with Gasteiger partial charge in [0.05, 0.1) is 18.1 Å². The Morgan fingerprint density at radius 3 is 2.74 bits per heavy atom. The number of ether oxygens (including phenoxy) is 3. The number of rotatable bonds is 5. The van der Waals surface area contributed by atoms with Crippen LogP contribution in [0.2, 0.25) is 0 Å². The first-order valence-corrected chi connectivity index (χ1v) is 8.02. The molecule has 1 saturated heterocycles. The minimum atomic E-state index is -3.24. The maximum Gasteiger partial charge on any atom is 0.175 e. The van der Waals surface area contributed by atoms with Crippen LogP contribution in [0.4, 0.5) is 0 Å². The van der Waals surface area contributed by atoms with Crippen LogP contribution in [-0.4, -0.2) is 41.1 Å². The molecule has 0 spiro atoms. The van der Waals surface area contributed by atoms with Gasteiger partial charge in [-0.3, -0.25) is 0 Å². The number of hydrogen-bond acceptors (Lipinski definition) is 5. The third-order valence-corrected chi connectivity index (χ3v) is 4.12. The van der Waals surface area contributed by atoms with Crippen molar-refractivity contribution in [2.45, 2.75) is 23.8 Å². The van der Waals surface area contributed by atoms with Gasteiger partial charge in [0, 0.05) is 18.9 Å². The second-order valence-electron chi connectivity index (χ2n) is 4.53. The maximum absolute atomic E-state index is 11.5. The Balaban J connectivity index is 2.11. The molecule has 0 N–H and O–H groups in total. The second-order valence-corrected chi connectivity index (χ2v) is 6.55. The summed E-state index contributed by atoms with van der Waals surface area (Å²) >= 11 is 0. The fraction of sp³-hybridized carbons (Fsp3) is 0.538. The normalized spacial score (nSPS) is 19.4. The van der Waals surface area contributed by atoms with Gasteiger partial charge >= 0.3 is 0 Å². The Kier molecular flexibility index (Phi) is 4.31. The third kappa shape index (κ3) is 3.61. The first kappa shape index (κ1) is 14.1. The van der Waals surface area contributed by atoms with Crippen molar-refractivity contribution in [3.8, 4) is 11.5 Å². The van der Waals surface area contributed by atoms with E-state index < -0.39 is 9.84 Å². The van der Waals surface area contributed by atoms with E-state index in [-0.39, 0.29) is 11.0 Å². The monoisotopic (exact) mass is 286 g/mol. The lowest BCUT2D eigenvalue weighted by molar-refractivity contribution is 0.0669. The van der Waals surface area contributed by atoms with Gasteiger partial charge in [-0.15, -0.1) is 0 Å². The van der Waals surface area contributed by atoms with Gasteiger partial charge in [-0.1, -0.05) is 0 Å². The highest BCUT2D eigenvalue weighted by Gasteiger charge is 2.18. The Bertz CT molecular complexity index is 532. The summed E-state index contributed by atoms with van der Waals surface area (Å²) in [7, 11) is -1.76. The van der Waals surface area contributed by atoms with Crippen LogP contribution in [-0.2, 0) is 14.6 Å². The summed E-state index contributed by atoms with van der Waals surface area (Å²) in [6.45, 7) is 1.23. The highest BCUT2D eigenvalue weighted by molar-refractivity contribution is 7.90. The Morgan fingerprint density at radius 1 is 1.37 bits per heavy atom. The zero-order valence-electron chi connectivity index (χ0n) is 11.1. The quantitative estimate of drug-likeness (QED) is 0.823. The van der Waals surface area contributed by atoms with Crippen molar-refractivity contribution in [2.75, 3.05) is 26.6 Å². The van der Waals surface area contributed by atoms with E-state index in [1.807, 2.05) is 0 Å². The smallest absolute Gasteiger partial charge is 0.175 e. The predicted molar refractivity (Wildman–Crippen MR) is 70.6 cm³/mol. The molecule has 0 unspecified atom stereocenters. The van der Waals surface area contributed by atoms with Gasteiger partial charge in [0.1, 0.15) is 6.61 Å². The highest BCUT2D eigenvalue weighted by atomic mass is 32.2. The van der Waals surface area contributed by atoms with E-state index in [1.54, 1.807) is 6.07 Å². The molecule has 0 saturated carbocycles. The number of hydrogen-bond donors (Lipinski definition) is 0. The first-order chi connectivity index (χ1) is 9.00. The summed E-state index contributed by atoms with van der Waals surface area (Å²) in [5.41, 5.74) is 0. The summed E-state index contributed by atoms with van der Waals surface area (Å²) in [5, 5.41) is 0. The van der Waals surface area contributed by atoms with E-state index >= 15 is 0 Å². The molecule has 0 bridgehead atoms. The van der Waals surface area contributed by atoms with Gasteiger partial charge in [-0.05, 0) is 25.0 Å². The van der Waals surface area contributed by atoms with E-state index in [2.05, 4.69) is 0 Å². The molecule has 106 valence electrons. The van der Waals surface area contributed by atoms with Crippen molar-refractivity contribution in [1.82, 2.24) is 0 Å². The largest absolute Gasteiger partial charge is 0.493 e. The van der Waals surface area contributed by atoms with Crippen LogP contribution in [0.25, 0.3) is 0 Å². The fourth-order valence-corrected chi connectivity index (χ4v) is 2.59. The van der Waals surface area contributed by atoms with Crippen molar-refractivity contribution in [3.63, 3.8) is 0 Å². The molecule has 1 aromatic rings. The Hall–Kier alpha value is -1.27. The van der Waals surface area contributed by atoms with E-state index in [4.69, 9.17) is 14.2 Å². The van der Waals surface area contributed by atoms with Gasteiger partial charge in [-0.25, -0.2) is 8.42 Å². The van der Waals surface area contributed by atoms with Crippen molar-refractivity contribution < 1.29 is 22.6 Å². The van der Waals surface area contributed by atoms with Gasteiger partial charge in [-0.2, -0.15) is 0 Å². The zero-order valence-corrected chi connectivity index (χ0v) is 11.9. The summed E-state index contributed by atoms with van der Waals surface area (Å²) in [6.07, 6.45) is 3.32. The molecule has 0 aliphatic carbocycles. The van der Waals surface area contributed by atoms with Crippen LogP contribution in [0.15, 0.2) is 23.1 Å². The molecule has 19 heavy (non-hydrogen) atoms. The molecule has 1 aliphatic heterocycles. The third-order valence-electron chi connectivity index (χ3n) is 3.01. The maximum atomic E-state index is 11.5. The molecule has 1 fully saturated rings. The van der Waals surface area contributed by atoms with E-state index in [1.165, 1.54) is 19.2 Å². The van der Waals surface area contributed by atoms with E-state index in [0.29, 0.717) is 18.1 Å². The minimum absolute atomic E-state index is 0.110. The van der Waals surface area contributed by atoms with Gasteiger partial charge in [0.2, 0.25) is 0 Å². The van der Waals surface area contributed by atoms with E-state index in [9.17, 15) is 8.42 Å². The predicted octanol–water partition coefficient (Wildman–Crippen LogP) is 1.66. The molecule has 0 aromatic heterocycles. The molecule has 0 amide bonds. The molecule has 6 heteroatoms. The SMILES string of the molecule is COc1cc(S(C)(=O)=O)ccc1OC[C@H]1CCCO1. The van der Waals surface area contributed by atoms with Gasteiger partial charge in [0.25, 0.3) is 0 Å². The Labute approximate surface area is 113 Å². The van der Waals surface area contributed by atoms with E-state index in [0.717, 1.165) is 25.7 Å². The topological polar surface area (TPSA) is 61.8 Å². The summed E-state index contributed by atoms with van der Waals surface area (Å²) in [6, 6.07) is 4.60. The Morgan fingerprint density at radius 2 is 2.16 bits per heavy atom. The van der Waals surface area contributed by atoms with Crippen LogP contribution in [0.5, 0.6) is 11.5 Å². The van der Waals surface area contributed by atoms with Crippen LogP contribution in [0.3, 0.4) is 0 Å². The summed E-state index contributed by atoms with van der Waals surface area (Å²) in [4.78, 5) is 0.216. The summed E-state index contributed by atoms with van der Waals surface area (Å²) in [5.74, 6) is 0.950. The molecule has 1 aliphatic rings. The average Bonchev–Trinajstić information content (AvgIpc) is 2.88. The lowest BCUT2D eigenvalue weighted by Gasteiger charge is -2.14. The fourth-order valence-electron chi connectivity index (χ4n) is 1.96. The molecule has 5 nitrogen and oxygen atoms in total. The van der Waals surface area contributed by atoms with Crippen LogP contribution in [0, 0.1) is 0 Å². The van der Waals surface area contributed by atoms with Crippen LogP contribution < -0.4 is 9.47 Å². The molecule has 1 heterocycles. The molecular weight excluding hydrogens is 268 g/mol. The zero-order chi connectivity index (χ0) is 13.9. The molecule has 0 radical (unpaired) electrons. The number of benzene rings is 1. The van der Waals surface area contributed by atoms with Crippen LogP contribution in [0.1, 0.15) is 12.8 Å². The standard InChI is InChI=1S/C13H18O5S/c1-16-13-8-11(19(2,14)15)5-6-12(13)18-9-10-4-3-7-17-10/h5-6,8,10H,3-4,7,9H2,1-2H3/t10-/m1/s1. The second kappa shape index (κ2) is 5.79. The first-order valence-electron chi connectivity index (χ1n) is 6.13. The molecule has 2 rings (SSSR count). The molecular formula is C13H18O5S. The number of sulfone groups is 1. The van der Waals surface area contributed by atoms with Crippen molar-refractivity contribution in [1.29, 1.82) is 0 Å². The van der Waals surface area contributed by atoms with Crippen molar-refractivity contribution in [2.24, 2.45) is 0 Å².